The Morgan fingerprint density at radius 3 is 2.46 bits per heavy atom. The molecule has 5 aromatic rings. The predicted molar refractivity (Wildman–Crippen MR) is 175 cm³/mol. The number of nitriles is 1. The molecule has 0 N–H and O–H groups in total. The highest BCUT2D eigenvalue weighted by Gasteiger charge is 2.45. The van der Waals surface area contributed by atoms with Gasteiger partial charge < -0.3 is 19.1 Å². The zero-order chi connectivity index (χ0) is 32.2. The van der Waals surface area contributed by atoms with Crippen LogP contribution in [-0.2, 0) is 16.0 Å². The Morgan fingerprint density at radius 2 is 1.75 bits per heavy atom. The molecule has 2 atom stereocenters. The fourth-order valence-corrected chi connectivity index (χ4v) is 7.88. The van der Waals surface area contributed by atoms with Crippen LogP contribution in [0, 0.1) is 11.3 Å². The van der Waals surface area contributed by atoms with Crippen molar-refractivity contribution in [2.45, 2.75) is 62.6 Å². The summed E-state index contributed by atoms with van der Waals surface area (Å²) in [5.74, 6) is 1.18. The summed E-state index contributed by atoms with van der Waals surface area (Å²) in [7, 11) is 1.64. The first kappa shape index (κ1) is 29.3. The van der Waals surface area contributed by atoms with Crippen LogP contribution >= 0.6 is 0 Å². The first-order valence-electron chi connectivity index (χ1n) is 16.6. The second-order valence-corrected chi connectivity index (χ2v) is 13.2. The Labute approximate surface area is 277 Å². The van der Waals surface area contributed by atoms with Gasteiger partial charge in [0.05, 0.1) is 56.3 Å². The summed E-state index contributed by atoms with van der Waals surface area (Å²) >= 11 is 0. The number of fused-ring (bicyclic) bond motifs is 3. The monoisotopic (exact) mass is 644 g/mol. The summed E-state index contributed by atoms with van der Waals surface area (Å²) in [6.07, 6.45) is 16.0. The Hall–Kier alpha value is -4.90. The van der Waals surface area contributed by atoms with Gasteiger partial charge in [0.2, 0.25) is 5.88 Å². The molecular formula is C35H36N10O3. The van der Waals surface area contributed by atoms with Crippen molar-refractivity contribution in [3.63, 3.8) is 0 Å². The van der Waals surface area contributed by atoms with Gasteiger partial charge in [-0.1, -0.05) is 6.07 Å². The van der Waals surface area contributed by atoms with Crippen molar-refractivity contribution in [3.8, 4) is 34.5 Å². The van der Waals surface area contributed by atoms with E-state index in [1.165, 1.54) is 12.0 Å². The van der Waals surface area contributed by atoms with E-state index in [2.05, 4.69) is 50.3 Å². The second kappa shape index (κ2) is 11.7. The van der Waals surface area contributed by atoms with E-state index in [4.69, 9.17) is 29.3 Å². The summed E-state index contributed by atoms with van der Waals surface area (Å²) in [4.78, 5) is 19.3. The lowest BCUT2D eigenvalue weighted by Crippen LogP contribution is -2.68. The van der Waals surface area contributed by atoms with Gasteiger partial charge >= 0.3 is 0 Å². The number of nitrogens with zero attached hydrogens (tertiary/aromatic N) is 10. The summed E-state index contributed by atoms with van der Waals surface area (Å²) in [6.45, 7) is 4.10. The lowest BCUT2D eigenvalue weighted by Gasteiger charge is -2.56. The van der Waals surface area contributed by atoms with Crippen LogP contribution in [-0.4, -0.2) is 90.5 Å². The lowest BCUT2D eigenvalue weighted by molar-refractivity contribution is -0.181. The van der Waals surface area contributed by atoms with E-state index in [0.29, 0.717) is 48.0 Å². The number of methoxy groups -OCH3 is 1. The van der Waals surface area contributed by atoms with Gasteiger partial charge in [-0.25, -0.2) is 19.5 Å². The van der Waals surface area contributed by atoms with Crippen LogP contribution < -0.4 is 9.64 Å². The highest BCUT2D eigenvalue weighted by atomic mass is 16.7. The van der Waals surface area contributed by atoms with Crippen LogP contribution in [0.1, 0.15) is 49.3 Å². The summed E-state index contributed by atoms with van der Waals surface area (Å²) < 4.78 is 20.8. The average Bonchev–Trinajstić information content (AvgIpc) is 3.92. The summed E-state index contributed by atoms with van der Waals surface area (Å²) in [5, 5.41) is 19.1. The Kier molecular flexibility index (Phi) is 7.11. The molecule has 1 aliphatic carbocycles. The van der Waals surface area contributed by atoms with Crippen LogP contribution in [0.2, 0.25) is 0 Å². The summed E-state index contributed by atoms with van der Waals surface area (Å²) in [5.41, 5.74) is 5.47. The van der Waals surface area contributed by atoms with Gasteiger partial charge in [-0.15, -0.1) is 0 Å². The minimum Gasteiger partial charge on any atom is -0.481 e. The fourth-order valence-electron chi connectivity index (χ4n) is 7.88. The van der Waals surface area contributed by atoms with Crippen molar-refractivity contribution >= 4 is 11.3 Å². The van der Waals surface area contributed by atoms with Crippen molar-refractivity contribution in [3.05, 3.63) is 72.6 Å². The Balaban J connectivity index is 0.935. The second-order valence-electron chi connectivity index (χ2n) is 13.2. The van der Waals surface area contributed by atoms with Gasteiger partial charge in [0.1, 0.15) is 23.0 Å². The number of piperidine rings is 1. The molecule has 5 fully saturated rings. The van der Waals surface area contributed by atoms with Gasteiger partial charge in [-0.05, 0) is 37.0 Å². The first-order valence-corrected chi connectivity index (χ1v) is 16.6. The molecule has 5 aliphatic rings. The van der Waals surface area contributed by atoms with E-state index in [9.17, 15) is 5.26 Å². The van der Waals surface area contributed by atoms with E-state index in [0.717, 1.165) is 68.0 Å². The summed E-state index contributed by atoms with van der Waals surface area (Å²) in [6, 6.07) is 11.7. The molecule has 5 aromatic heterocycles. The molecule has 4 aliphatic heterocycles. The number of rotatable bonds is 7. The molecule has 48 heavy (non-hydrogen) atoms. The molecule has 1 spiro atoms. The molecular weight excluding hydrogens is 608 g/mol. The maximum absolute atomic E-state index is 9.89. The third-order valence-electron chi connectivity index (χ3n) is 10.5. The molecule has 2 unspecified atom stereocenters. The number of pyridine rings is 2. The molecule has 1 saturated carbocycles. The molecule has 4 saturated heterocycles. The number of piperazine rings is 1. The maximum atomic E-state index is 9.89. The molecule has 0 amide bonds. The van der Waals surface area contributed by atoms with Crippen LogP contribution in [0.3, 0.4) is 0 Å². The number of aromatic nitrogens is 7. The van der Waals surface area contributed by atoms with Gasteiger partial charge in [-0.3, -0.25) is 9.58 Å². The number of ether oxygens (including phenoxy) is 3. The number of hydrogen-bond acceptors (Lipinski definition) is 11. The van der Waals surface area contributed by atoms with E-state index in [1.54, 1.807) is 17.8 Å². The first-order chi connectivity index (χ1) is 23.6. The average molecular weight is 645 g/mol. The van der Waals surface area contributed by atoms with E-state index in [-0.39, 0.29) is 6.04 Å². The lowest BCUT2D eigenvalue weighted by atomic mass is 9.87. The van der Waals surface area contributed by atoms with Crippen molar-refractivity contribution in [2.24, 2.45) is 0 Å². The molecule has 9 heterocycles. The normalized spacial score (nSPS) is 22.2. The Bertz CT molecular complexity index is 1970. The molecule has 10 rings (SSSR count). The molecule has 244 valence electrons. The van der Waals surface area contributed by atoms with Gasteiger partial charge in [0.15, 0.2) is 5.79 Å². The van der Waals surface area contributed by atoms with Gasteiger partial charge in [0, 0.05) is 80.3 Å². The van der Waals surface area contributed by atoms with Gasteiger partial charge in [0.25, 0.3) is 0 Å². The van der Waals surface area contributed by atoms with Crippen LogP contribution in [0.25, 0.3) is 28.0 Å². The molecule has 13 nitrogen and oxygen atoms in total. The van der Waals surface area contributed by atoms with E-state index in [1.807, 2.05) is 35.5 Å². The SMILES string of the molecule is COc1ccc(CN2C3CC2CN(c2ccc(-c4nc(-c5cnn(C6CCC7(CC6)OCCO7)c5)cn5ncc(C#N)c45)cn2)C3)cn1. The topological polar surface area (TPSA) is 132 Å². The highest BCUT2D eigenvalue weighted by molar-refractivity contribution is 5.83. The minimum absolute atomic E-state index is 0.277. The minimum atomic E-state index is -0.402. The van der Waals surface area contributed by atoms with Crippen LogP contribution in [0.4, 0.5) is 5.82 Å². The van der Waals surface area contributed by atoms with Crippen molar-refractivity contribution in [2.75, 3.05) is 38.3 Å². The predicted octanol–water partition coefficient (Wildman–Crippen LogP) is 4.25. The van der Waals surface area contributed by atoms with Crippen molar-refractivity contribution in [1.82, 2.24) is 39.2 Å². The zero-order valence-corrected chi connectivity index (χ0v) is 26.8. The number of hydrogen-bond donors (Lipinski definition) is 0. The third kappa shape index (κ3) is 5.08. The van der Waals surface area contributed by atoms with Gasteiger partial charge in [-0.2, -0.15) is 15.5 Å². The van der Waals surface area contributed by atoms with E-state index >= 15 is 0 Å². The molecule has 2 bridgehead atoms. The van der Waals surface area contributed by atoms with Crippen molar-refractivity contribution < 1.29 is 14.2 Å². The molecule has 13 heteroatoms. The smallest absolute Gasteiger partial charge is 0.212 e. The quantitative estimate of drug-likeness (QED) is 0.252. The number of anilines is 1. The van der Waals surface area contributed by atoms with Crippen LogP contribution in [0.15, 0.2) is 61.4 Å². The molecule has 0 radical (unpaired) electrons. The van der Waals surface area contributed by atoms with Crippen LogP contribution in [0.5, 0.6) is 5.88 Å². The Morgan fingerprint density at radius 1 is 0.917 bits per heavy atom. The largest absolute Gasteiger partial charge is 0.481 e. The zero-order valence-electron chi connectivity index (χ0n) is 26.8. The standard InChI is InChI=1S/C35H36N10O3/c1-46-32-5-2-23(14-38-32)18-43-28-12-29(43)21-42(20-28)31-4-3-24(15-37-31)33-34-25(13-36)16-40-45(34)22-30(41-33)26-17-39-44(19-26)27-6-8-35(9-7-27)47-10-11-48-35/h2-5,14-17,19,22,27-29H,6-12,18,20-21H2,1H3. The molecule has 0 aromatic carbocycles. The highest BCUT2D eigenvalue weighted by Crippen LogP contribution is 2.41. The van der Waals surface area contributed by atoms with Crippen molar-refractivity contribution in [1.29, 1.82) is 5.26 Å². The van der Waals surface area contributed by atoms with E-state index < -0.39 is 5.79 Å². The maximum Gasteiger partial charge on any atom is 0.212 e. The third-order valence-corrected chi connectivity index (χ3v) is 10.5. The fraction of sp³-hybridized carbons (Fsp3) is 0.429.